The van der Waals surface area contributed by atoms with Crippen LogP contribution in [0.15, 0.2) is 0 Å². The van der Waals surface area contributed by atoms with Gasteiger partial charge in [0.1, 0.15) is 4.83 Å². The minimum Gasteiger partial charge on any atom is -0.480 e. The maximum atomic E-state index is 11.4. The molecule has 0 saturated heterocycles. The highest BCUT2D eigenvalue weighted by atomic mass is 79.9. The van der Waals surface area contributed by atoms with Gasteiger partial charge in [-0.15, -0.1) is 0 Å². The summed E-state index contributed by atoms with van der Waals surface area (Å²) in [6.07, 6.45) is 12.7. The van der Waals surface area contributed by atoms with Crippen molar-refractivity contribution in [2.75, 3.05) is 6.54 Å². The van der Waals surface area contributed by atoms with Crippen molar-refractivity contribution < 1.29 is 14.7 Å². The van der Waals surface area contributed by atoms with Crippen LogP contribution in [0.1, 0.15) is 77.6 Å². The van der Waals surface area contributed by atoms with Gasteiger partial charge < -0.3 is 10.4 Å². The van der Waals surface area contributed by atoms with E-state index in [0.29, 0.717) is 6.54 Å². The maximum absolute atomic E-state index is 11.4. The van der Waals surface area contributed by atoms with E-state index in [1.807, 2.05) is 0 Å². The highest BCUT2D eigenvalue weighted by Gasteiger charge is 2.16. The number of hydrogen-bond acceptors (Lipinski definition) is 2. The lowest BCUT2D eigenvalue weighted by Crippen LogP contribution is -2.29. The molecule has 0 spiro atoms. The minimum atomic E-state index is -0.996. The Morgan fingerprint density at radius 2 is 1.43 bits per heavy atom. The second-order valence-electron chi connectivity index (χ2n) is 5.54. The Bertz CT molecular complexity index is 285. The molecule has 0 bridgehead atoms. The van der Waals surface area contributed by atoms with Crippen molar-refractivity contribution in [2.45, 2.75) is 82.4 Å². The van der Waals surface area contributed by atoms with E-state index < -0.39 is 10.8 Å². The van der Waals surface area contributed by atoms with Crippen LogP contribution in [-0.2, 0) is 9.59 Å². The number of carbonyl (C=O) groups is 2. The van der Waals surface area contributed by atoms with Gasteiger partial charge in [0.25, 0.3) is 0 Å². The molecule has 4 nitrogen and oxygen atoms in total. The molecule has 0 aromatic carbocycles. The smallest absolute Gasteiger partial charge is 0.317 e. The molecule has 0 aromatic heterocycles. The van der Waals surface area contributed by atoms with Gasteiger partial charge in [-0.2, -0.15) is 0 Å². The average Bonchev–Trinajstić information content (AvgIpc) is 2.44. The lowest BCUT2D eigenvalue weighted by atomic mass is 10.1. The van der Waals surface area contributed by atoms with E-state index in [-0.39, 0.29) is 12.3 Å². The van der Waals surface area contributed by atoms with E-state index in [2.05, 4.69) is 28.2 Å². The Kier molecular flexibility index (Phi) is 14.0. The molecule has 1 atom stereocenters. The molecule has 124 valence electrons. The predicted octanol–water partition coefficient (Wildman–Crippen LogP) is 4.26. The number of aliphatic carboxylic acids is 1. The number of amides is 1. The summed E-state index contributed by atoms with van der Waals surface area (Å²) in [5, 5.41) is 11.4. The molecule has 0 heterocycles. The van der Waals surface area contributed by atoms with Crippen molar-refractivity contribution >= 4 is 27.8 Å². The summed E-state index contributed by atoms with van der Waals surface area (Å²) < 4.78 is 0. The zero-order valence-electron chi connectivity index (χ0n) is 13.2. The zero-order chi connectivity index (χ0) is 15.9. The first-order valence-corrected chi connectivity index (χ1v) is 9.13. The Morgan fingerprint density at radius 3 is 1.90 bits per heavy atom. The first-order valence-electron chi connectivity index (χ1n) is 8.21. The lowest BCUT2D eigenvalue weighted by molar-refractivity contribution is -0.138. The Labute approximate surface area is 137 Å². The molecule has 2 N–H and O–H groups in total. The number of carboxylic acid groups (broad SMARTS) is 1. The number of carbonyl (C=O) groups excluding carboxylic acids is 1. The molecular weight excluding hydrogens is 334 g/mol. The number of nitrogens with one attached hydrogen (secondary N) is 1. The Hall–Kier alpha value is -0.580. The molecule has 0 fully saturated rings. The highest BCUT2D eigenvalue weighted by Crippen LogP contribution is 2.10. The van der Waals surface area contributed by atoms with Gasteiger partial charge in [0.15, 0.2) is 0 Å². The van der Waals surface area contributed by atoms with E-state index in [0.717, 1.165) is 12.8 Å². The van der Waals surface area contributed by atoms with Gasteiger partial charge in [-0.3, -0.25) is 9.59 Å². The van der Waals surface area contributed by atoms with Crippen molar-refractivity contribution in [2.24, 2.45) is 0 Å². The molecule has 21 heavy (non-hydrogen) atoms. The van der Waals surface area contributed by atoms with Gasteiger partial charge in [-0.1, -0.05) is 80.6 Å². The monoisotopic (exact) mass is 363 g/mol. The van der Waals surface area contributed by atoms with Crippen LogP contribution < -0.4 is 5.32 Å². The van der Waals surface area contributed by atoms with Gasteiger partial charge in [-0.25, -0.2) is 0 Å². The van der Waals surface area contributed by atoms with Crippen molar-refractivity contribution in [1.82, 2.24) is 5.32 Å². The summed E-state index contributed by atoms with van der Waals surface area (Å²) in [6.45, 7) is 2.88. The number of rotatable bonds is 14. The summed E-state index contributed by atoms with van der Waals surface area (Å²) >= 11 is 2.96. The SMILES string of the molecule is CCCCCCCCCCCCNC(=O)CC(Br)C(=O)O. The quantitative estimate of drug-likeness (QED) is 0.357. The van der Waals surface area contributed by atoms with E-state index in [1.165, 1.54) is 51.4 Å². The summed E-state index contributed by atoms with van der Waals surface area (Å²) in [5.41, 5.74) is 0. The summed E-state index contributed by atoms with van der Waals surface area (Å²) in [5.74, 6) is -1.20. The van der Waals surface area contributed by atoms with Gasteiger partial charge in [0, 0.05) is 13.0 Å². The fraction of sp³-hybridized carbons (Fsp3) is 0.875. The van der Waals surface area contributed by atoms with Gasteiger partial charge in [0.2, 0.25) is 5.91 Å². The molecule has 0 aliphatic carbocycles. The molecule has 0 radical (unpaired) electrons. The molecule has 5 heteroatoms. The standard InChI is InChI=1S/C16H30BrNO3/c1-2-3-4-5-6-7-8-9-10-11-12-18-15(19)13-14(17)16(20)21/h14H,2-13H2,1H3,(H,18,19)(H,20,21). The average molecular weight is 364 g/mol. The predicted molar refractivity (Wildman–Crippen MR) is 89.8 cm³/mol. The van der Waals surface area contributed by atoms with Gasteiger partial charge >= 0.3 is 5.97 Å². The zero-order valence-corrected chi connectivity index (χ0v) is 14.8. The Balaban J connectivity index is 3.25. The van der Waals surface area contributed by atoms with Crippen LogP contribution in [0.3, 0.4) is 0 Å². The van der Waals surface area contributed by atoms with E-state index in [1.54, 1.807) is 0 Å². The molecule has 1 unspecified atom stereocenters. The van der Waals surface area contributed by atoms with Crippen LogP contribution in [0.4, 0.5) is 0 Å². The van der Waals surface area contributed by atoms with Crippen molar-refractivity contribution in [3.8, 4) is 0 Å². The first-order chi connectivity index (χ1) is 10.1. The number of alkyl halides is 1. The maximum Gasteiger partial charge on any atom is 0.317 e. The van der Waals surface area contributed by atoms with Crippen LogP contribution in [0, 0.1) is 0 Å². The third-order valence-corrected chi connectivity index (χ3v) is 4.20. The normalized spacial score (nSPS) is 12.1. The summed E-state index contributed by atoms with van der Waals surface area (Å²) in [7, 11) is 0. The van der Waals surface area contributed by atoms with Crippen molar-refractivity contribution in [3.05, 3.63) is 0 Å². The lowest BCUT2D eigenvalue weighted by Gasteiger charge is -2.07. The van der Waals surface area contributed by atoms with E-state index in [9.17, 15) is 9.59 Å². The summed E-state index contributed by atoms with van der Waals surface area (Å²) in [6, 6.07) is 0. The van der Waals surface area contributed by atoms with Crippen LogP contribution in [0.25, 0.3) is 0 Å². The Morgan fingerprint density at radius 1 is 0.952 bits per heavy atom. The molecule has 0 saturated carbocycles. The van der Waals surface area contributed by atoms with Crippen LogP contribution in [0.5, 0.6) is 0 Å². The van der Waals surface area contributed by atoms with Gasteiger partial charge in [0.05, 0.1) is 0 Å². The first kappa shape index (κ1) is 20.4. The molecule has 0 rings (SSSR count). The van der Waals surface area contributed by atoms with Crippen LogP contribution in [-0.4, -0.2) is 28.4 Å². The fourth-order valence-electron chi connectivity index (χ4n) is 2.16. The van der Waals surface area contributed by atoms with E-state index in [4.69, 9.17) is 5.11 Å². The number of carboxylic acids is 1. The molecule has 0 aliphatic rings. The molecule has 0 aromatic rings. The van der Waals surface area contributed by atoms with Crippen LogP contribution >= 0.6 is 15.9 Å². The number of unbranched alkanes of at least 4 members (excludes halogenated alkanes) is 9. The molecular formula is C16H30BrNO3. The molecule has 0 aliphatic heterocycles. The highest BCUT2D eigenvalue weighted by molar-refractivity contribution is 9.10. The van der Waals surface area contributed by atoms with Crippen molar-refractivity contribution in [3.63, 3.8) is 0 Å². The molecule has 1 amide bonds. The second kappa shape index (κ2) is 14.4. The van der Waals surface area contributed by atoms with E-state index >= 15 is 0 Å². The fourth-order valence-corrected chi connectivity index (χ4v) is 2.46. The largest absolute Gasteiger partial charge is 0.480 e. The third kappa shape index (κ3) is 14.1. The van der Waals surface area contributed by atoms with Gasteiger partial charge in [-0.05, 0) is 6.42 Å². The second-order valence-corrected chi connectivity index (χ2v) is 6.65. The number of hydrogen-bond donors (Lipinski definition) is 2. The topological polar surface area (TPSA) is 66.4 Å². The minimum absolute atomic E-state index is 0.00685. The van der Waals surface area contributed by atoms with Crippen LogP contribution in [0.2, 0.25) is 0 Å². The van der Waals surface area contributed by atoms with Crippen molar-refractivity contribution in [1.29, 1.82) is 0 Å². The third-order valence-electron chi connectivity index (χ3n) is 3.49. The summed E-state index contributed by atoms with van der Waals surface area (Å²) in [4.78, 5) is 21.2. The number of halogens is 1.